The van der Waals surface area contributed by atoms with Gasteiger partial charge < -0.3 is 24.8 Å². The smallest absolute Gasteiger partial charge is 0.478 e. The number of aromatic nitrogens is 2. The maximum atomic E-state index is 11.8. The molecule has 0 atom stereocenters. The van der Waals surface area contributed by atoms with E-state index in [1.807, 2.05) is 48.5 Å². The van der Waals surface area contributed by atoms with Gasteiger partial charge in [0.05, 0.1) is 16.6 Å². The minimum Gasteiger partial charge on any atom is -0.478 e. The average Bonchev–Trinajstić information content (AvgIpc) is 3.29. The monoisotopic (exact) mass is 539 g/mol. The minimum absolute atomic E-state index is 0.296. The standard InChI is InChI=1S/C32H33N3O5/c1-2-3-12-30-34-27-18-17-23(33-26-10-6-4-9-25(26)31(36)37)19-28(27)35(30)20-21-13-15-22(16-14-21)24-8-5-7-11-29(24)40-32(38)39/h5,7-8,11,13-19,33H,2-4,6,9-10,12,20H2,1H3,(H,36,37)(H,38,39). The molecule has 0 spiro atoms. The molecule has 5 rings (SSSR count). The quantitative estimate of drug-likeness (QED) is 0.141. The first-order valence-electron chi connectivity index (χ1n) is 13.7. The molecule has 0 unspecified atom stereocenters. The summed E-state index contributed by atoms with van der Waals surface area (Å²) in [6.45, 7) is 2.78. The van der Waals surface area contributed by atoms with Crippen molar-refractivity contribution in [3.8, 4) is 16.9 Å². The largest absolute Gasteiger partial charge is 0.511 e. The molecule has 8 heteroatoms. The number of anilines is 1. The molecule has 40 heavy (non-hydrogen) atoms. The molecule has 0 bridgehead atoms. The van der Waals surface area contributed by atoms with Crippen LogP contribution in [0.4, 0.5) is 10.5 Å². The molecule has 3 N–H and O–H groups in total. The van der Waals surface area contributed by atoms with Crippen LogP contribution >= 0.6 is 0 Å². The average molecular weight is 540 g/mol. The number of para-hydroxylation sites is 1. The molecule has 4 aromatic rings. The molecule has 1 aromatic heterocycles. The highest BCUT2D eigenvalue weighted by molar-refractivity contribution is 5.89. The second-order valence-corrected chi connectivity index (χ2v) is 10.1. The topological polar surface area (TPSA) is 114 Å². The Morgan fingerprint density at radius 1 is 1.00 bits per heavy atom. The summed E-state index contributed by atoms with van der Waals surface area (Å²) in [5.41, 5.74) is 6.68. The van der Waals surface area contributed by atoms with E-state index in [1.54, 1.807) is 12.1 Å². The zero-order chi connectivity index (χ0) is 28.1. The molecule has 1 aliphatic carbocycles. The Bertz CT molecular complexity index is 1570. The van der Waals surface area contributed by atoms with E-state index >= 15 is 0 Å². The molecule has 8 nitrogen and oxygen atoms in total. The van der Waals surface area contributed by atoms with Gasteiger partial charge >= 0.3 is 12.1 Å². The number of nitrogens with one attached hydrogen (secondary N) is 1. The number of rotatable bonds is 10. The maximum absolute atomic E-state index is 11.8. The number of imidazole rings is 1. The Balaban J connectivity index is 1.46. The van der Waals surface area contributed by atoms with Crippen LogP contribution < -0.4 is 10.1 Å². The fraction of sp³-hybridized carbons (Fsp3) is 0.281. The summed E-state index contributed by atoms with van der Waals surface area (Å²) in [5.74, 6) is 0.460. The van der Waals surface area contributed by atoms with E-state index in [2.05, 4.69) is 22.9 Å². The van der Waals surface area contributed by atoms with Gasteiger partial charge in [-0.1, -0.05) is 55.8 Å². The lowest BCUT2D eigenvalue weighted by atomic mass is 9.96. The van der Waals surface area contributed by atoms with Crippen molar-refractivity contribution in [3.05, 3.63) is 89.4 Å². The van der Waals surface area contributed by atoms with Gasteiger partial charge in [-0.05, 0) is 67.5 Å². The van der Waals surface area contributed by atoms with Crippen LogP contribution in [0.3, 0.4) is 0 Å². The Morgan fingerprint density at radius 2 is 1.77 bits per heavy atom. The first-order valence-corrected chi connectivity index (χ1v) is 13.7. The van der Waals surface area contributed by atoms with Crippen molar-refractivity contribution in [2.75, 3.05) is 5.32 Å². The number of hydrogen-bond donors (Lipinski definition) is 3. The Kier molecular flexibility index (Phi) is 8.15. The van der Waals surface area contributed by atoms with Crippen LogP contribution in [0.5, 0.6) is 5.75 Å². The fourth-order valence-corrected chi connectivity index (χ4v) is 5.27. The van der Waals surface area contributed by atoms with E-state index < -0.39 is 12.1 Å². The highest BCUT2D eigenvalue weighted by Gasteiger charge is 2.19. The number of aliphatic carboxylic acids is 1. The number of carbonyl (C=O) groups is 2. The third-order valence-corrected chi connectivity index (χ3v) is 7.29. The van der Waals surface area contributed by atoms with Crippen LogP contribution in [0.15, 0.2) is 78.0 Å². The van der Waals surface area contributed by atoms with Gasteiger partial charge in [0.1, 0.15) is 11.6 Å². The van der Waals surface area contributed by atoms with Gasteiger partial charge in [-0.3, -0.25) is 0 Å². The van der Waals surface area contributed by atoms with Crippen molar-refractivity contribution in [2.24, 2.45) is 0 Å². The van der Waals surface area contributed by atoms with E-state index in [9.17, 15) is 14.7 Å². The second kappa shape index (κ2) is 12.1. The number of allylic oxidation sites excluding steroid dienone is 1. The Labute approximate surface area is 232 Å². The van der Waals surface area contributed by atoms with E-state index in [0.29, 0.717) is 29.9 Å². The lowest BCUT2D eigenvalue weighted by Gasteiger charge is -2.19. The Hall–Kier alpha value is -4.59. The molecule has 0 fully saturated rings. The molecule has 0 aliphatic heterocycles. The molecular weight excluding hydrogens is 506 g/mol. The van der Waals surface area contributed by atoms with Crippen LogP contribution in [0, 0.1) is 0 Å². The highest BCUT2D eigenvalue weighted by atomic mass is 16.7. The molecule has 1 heterocycles. The van der Waals surface area contributed by atoms with Gasteiger partial charge in [0.15, 0.2) is 0 Å². The van der Waals surface area contributed by atoms with Crippen molar-refractivity contribution in [1.29, 1.82) is 0 Å². The number of nitrogens with zero attached hydrogens (tertiary/aromatic N) is 2. The first kappa shape index (κ1) is 27.0. The number of hydrogen-bond acceptors (Lipinski definition) is 5. The molecule has 0 radical (unpaired) electrons. The molecule has 3 aromatic carbocycles. The van der Waals surface area contributed by atoms with Gasteiger partial charge in [0, 0.05) is 29.9 Å². The van der Waals surface area contributed by atoms with E-state index in [-0.39, 0.29) is 0 Å². The highest BCUT2D eigenvalue weighted by Crippen LogP contribution is 2.31. The summed E-state index contributed by atoms with van der Waals surface area (Å²) < 4.78 is 7.20. The van der Waals surface area contributed by atoms with Gasteiger partial charge in [-0.15, -0.1) is 0 Å². The first-order chi connectivity index (χ1) is 19.4. The number of carboxylic acid groups (broad SMARTS) is 2. The molecule has 206 valence electrons. The van der Waals surface area contributed by atoms with Gasteiger partial charge in [-0.25, -0.2) is 14.6 Å². The third-order valence-electron chi connectivity index (χ3n) is 7.29. The summed E-state index contributed by atoms with van der Waals surface area (Å²) in [6.07, 6.45) is 4.80. The minimum atomic E-state index is -1.34. The van der Waals surface area contributed by atoms with Crippen LogP contribution in [-0.4, -0.2) is 31.9 Å². The zero-order valence-electron chi connectivity index (χ0n) is 22.5. The number of unbranched alkanes of at least 4 members (excludes halogenated alkanes) is 1. The third kappa shape index (κ3) is 6.01. The van der Waals surface area contributed by atoms with Crippen molar-refractivity contribution in [2.45, 2.75) is 58.4 Å². The predicted molar refractivity (Wildman–Crippen MR) is 155 cm³/mol. The van der Waals surface area contributed by atoms with E-state index in [0.717, 1.165) is 77.9 Å². The lowest BCUT2D eigenvalue weighted by Crippen LogP contribution is -2.14. The normalized spacial score (nSPS) is 13.4. The lowest BCUT2D eigenvalue weighted by molar-refractivity contribution is -0.133. The van der Waals surface area contributed by atoms with E-state index in [1.165, 1.54) is 0 Å². The molecule has 0 saturated heterocycles. The summed E-state index contributed by atoms with van der Waals surface area (Å²) in [7, 11) is 0. The SMILES string of the molecule is CCCCc1nc2ccc(NC3=C(C(=O)O)CCCC3)cc2n1Cc1ccc(-c2ccccc2OC(=O)O)cc1. The summed E-state index contributed by atoms with van der Waals surface area (Å²) in [5, 5.41) is 22.1. The van der Waals surface area contributed by atoms with Crippen LogP contribution in [0.1, 0.15) is 56.8 Å². The van der Waals surface area contributed by atoms with Crippen molar-refractivity contribution in [3.63, 3.8) is 0 Å². The van der Waals surface area contributed by atoms with E-state index in [4.69, 9.17) is 14.8 Å². The number of ether oxygens (including phenoxy) is 1. The number of benzene rings is 3. The zero-order valence-corrected chi connectivity index (χ0v) is 22.5. The van der Waals surface area contributed by atoms with Gasteiger partial charge in [0.2, 0.25) is 0 Å². The van der Waals surface area contributed by atoms with Crippen LogP contribution in [0.25, 0.3) is 22.2 Å². The van der Waals surface area contributed by atoms with Gasteiger partial charge in [-0.2, -0.15) is 0 Å². The number of carboxylic acids is 1. The summed E-state index contributed by atoms with van der Waals surface area (Å²) in [4.78, 5) is 27.8. The maximum Gasteiger partial charge on any atom is 0.511 e. The van der Waals surface area contributed by atoms with Crippen LogP contribution in [0.2, 0.25) is 0 Å². The molecule has 0 amide bonds. The molecular formula is C32H33N3O5. The Morgan fingerprint density at radius 3 is 2.52 bits per heavy atom. The fourth-order valence-electron chi connectivity index (χ4n) is 5.27. The van der Waals surface area contributed by atoms with Crippen LogP contribution in [-0.2, 0) is 17.8 Å². The van der Waals surface area contributed by atoms with Crippen molar-refractivity contribution >= 4 is 28.8 Å². The van der Waals surface area contributed by atoms with Crippen molar-refractivity contribution in [1.82, 2.24) is 9.55 Å². The molecule has 0 saturated carbocycles. The second-order valence-electron chi connectivity index (χ2n) is 10.1. The summed E-state index contributed by atoms with van der Waals surface area (Å²) >= 11 is 0. The van der Waals surface area contributed by atoms with Crippen molar-refractivity contribution < 1.29 is 24.5 Å². The molecule has 1 aliphatic rings. The number of fused-ring (bicyclic) bond motifs is 1. The van der Waals surface area contributed by atoms with Gasteiger partial charge in [0.25, 0.3) is 0 Å². The predicted octanol–water partition coefficient (Wildman–Crippen LogP) is 7.48. The number of aryl methyl sites for hydroxylation is 1. The summed E-state index contributed by atoms with van der Waals surface area (Å²) in [6, 6.07) is 21.1.